The lowest BCUT2D eigenvalue weighted by molar-refractivity contribution is -0.161. The number of aliphatic hydroxyl groups is 1. The van der Waals surface area contributed by atoms with Gasteiger partial charge in [-0.1, -0.05) is 274 Å². The number of hydrogen-bond acceptors (Lipinski definition) is 15. The molecule has 0 saturated carbocycles. The predicted octanol–water partition coefficient (Wildman–Crippen LogP) is 21.7. The third-order valence-electron chi connectivity index (χ3n) is 16.2. The maximum Gasteiger partial charge on any atom is 0.472 e. The first-order chi connectivity index (χ1) is 46.7. The van der Waals surface area contributed by atoms with Crippen LogP contribution in [-0.2, 0) is 65.4 Å². The van der Waals surface area contributed by atoms with E-state index in [1.165, 1.54) is 116 Å². The lowest BCUT2D eigenvalue weighted by Gasteiger charge is -2.21. The van der Waals surface area contributed by atoms with E-state index in [2.05, 4.69) is 101 Å². The largest absolute Gasteiger partial charge is 0.472 e. The second kappa shape index (κ2) is 70.0. The number of unbranched alkanes of at least 4 members (excludes halogenated alkanes) is 34. The van der Waals surface area contributed by atoms with Gasteiger partial charge < -0.3 is 33.8 Å². The Hall–Kier alpha value is -3.50. The molecule has 0 aromatic rings. The van der Waals surface area contributed by atoms with Crippen LogP contribution in [0.4, 0.5) is 0 Å². The van der Waals surface area contributed by atoms with E-state index in [1.54, 1.807) is 0 Å². The van der Waals surface area contributed by atoms with E-state index in [1.807, 2.05) is 0 Å². The van der Waals surface area contributed by atoms with Crippen LogP contribution in [0.2, 0.25) is 0 Å². The summed E-state index contributed by atoms with van der Waals surface area (Å²) in [5.41, 5.74) is 0. The van der Waals surface area contributed by atoms with Crippen LogP contribution in [0.5, 0.6) is 0 Å². The first kappa shape index (κ1) is 92.5. The van der Waals surface area contributed by atoms with Gasteiger partial charge in [-0.15, -0.1) is 0 Å². The number of esters is 4. The third-order valence-corrected chi connectivity index (χ3v) is 18.1. The van der Waals surface area contributed by atoms with E-state index < -0.39 is 97.5 Å². The zero-order chi connectivity index (χ0) is 70.4. The normalized spacial score (nSPS) is 14.4. The molecule has 0 amide bonds. The number of phosphoric acid groups is 2. The zero-order valence-electron chi connectivity index (χ0n) is 60.8. The number of hydrogen-bond donors (Lipinski definition) is 3. The molecule has 0 saturated heterocycles. The zero-order valence-corrected chi connectivity index (χ0v) is 62.6. The fourth-order valence-electron chi connectivity index (χ4n) is 10.3. The average molecular weight is 1400 g/mol. The molecule has 0 aromatic carbocycles. The lowest BCUT2D eigenvalue weighted by atomic mass is 10.0. The van der Waals surface area contributed by atoms with Crippen molar-refractivity contribution in [3.8, 4) is 0 Å². The number of carbonyl (C=O) groups excluding carboxylic acids is 4. The van der Waals surface area contributed by atoms with Gasteiger partial charge in [0.25, 0.3) is 0 Å². The van der Waals surface area contributed by atoms with Crippen LogP contribution in [0.1, 0.15) is 336 Å². The van der Waals surface area contributed by atoms with E-state index in [0.717, 1.165) is 141 Å². The Balaban J connectivity index is 5.34. The van der Waals surface area contributed by atoms with E-state index in [4.69, 9.17) is 37.0 Å². The SMILES string of the molecule is CC/C=C\C/C=C\C/C=C\C/C=C\CCCCC(=O)OCC(COP(=O)(O)OCC(O)COP(=O)(O)OCC(COC(=O)CCCCCCC/C=C\CCCCCCCC)OC(=O)CCCCCCCCCCCCCCCCC)OC(=O)CCCCCCC/C=C\CCCC. The van der Waals surface area contributed by atoms with Gasteiger partial charge in [-0.2, -0.15) is 0 Å². The molecule has 0 rings (SSSR count). The van der Waals surface area contributed by atoms with Crippen LogP contribution < -0.4 is 0 Å². The molecule has 0 radical (unpaired) electrons. The van der Waals surface area contributed by atoms with E-state index in [0.29, 0.717) is 25.7 Å². The maximum absolute atomic E-state index is 13.1. The topological polar surface area (TPSA) is 237 Å². The molecule has 0 aliphatic carbocycles. The van der Waals surface area contributed by atoms with Crippen molar-refractivity contribution in [3.05, 3.63) is 72.9 Å². The summed E-state index contributed by atoms with van der Waals surface area (Å²) in [5, 5.41) is 10.6. The fraction of sp³-hybridized carbons (Fsp3) is 0.792. The standard InChI is InChI=1S/C77H138O17P2/c1-5-9-13-17-21-25-29-32-35-38-42-45-49-53-57-61-74(79)87-67-72(93-76(81)63-59-55-51-47-41-28-24-20-16-12-8-4)69-91-95(83,84)89-65-71(78)66-90-96(85,86)92-70-73(94-77(82)64-60-56-52-48-44-40-37-34-31-27-23-19-15-11-7-3)68-88-75(80)62-58-54-50-46-43-39-36-33-30-26-22-18-14-10-6-2/h9,13,20-21,24-25,32-33,35-36,42,45,71-73,78H,5-8,10-12,14-19,22-23,26-31,34,37-41,43-44,46-70H2,1-4H3,(H,83,84)(H,85,86)/b13-9-,24-20-,25-21-,35-32-,36-33-,45-42-. The van der Waals surface area contributed by atoms with Crippen molar-refractivity contribution in [2.75, 3.05) is 39.6 Å². The molecule has 0 bridgehead atoms. The molecule has 0 aliphatic rings. The van der Waals surface area contributed by atoms with Crippen molar-refractivity contribution < 1.29 is 80.2 Å². The lowest BCUT2D eigenvalue weighted by Crippen LogP contribution is -2.30. The molecule has 0 fully saturated rings. The van der Waals surface area contributed by atoms with E-state index >= 15 is 0 Å². The van der Waals surface area contributed by atoms with E-state index in [9.17, 15) is 43.2 Å². The first-order valence-corrected chi connectivity index (χ1v) is 41.2. The second-order valence-corrected chi connectivity index (χ2v) is 28.5. The van der Waals surface area contributed by atoms with Crippen molar-refractivity contribution >= 4 is 39.5 Å². The van der Waals surface area contributed by atoms with Crippen LogP contribution in [0.25, 0.3) is 0 Å². The highest BCUT2D eigenvalue weighted by atomic mass is 31.2. The number of carbonyl (C=O) groups is 4. The molecule has 5 atom stereocenters. The Labute approximate surface area is 583 Å². The van der Waals surface area contributed by atoms with Crippen molar-refractivity contribution in [2.24, 2.45) is 0 Å². The summed E-state index contributed by atoms with van der Waals surface area (Å²) in [6.45, 7) is 4.69. The van der Waals surface area contributed by atoms with Gasteiger partial charge in [-0.3, -0.25) is 37.3 Å². The van der Waals surface area contributed by atoms with Crippen LogP contribution in [0.3, 0.4) is 0 Å². The smallest absolute Gasteiger partial charge is 0.462 e. The van der Waals surface area contributed by atoms with Gasteiger partial charge in [0.2, 0.25) is 0 Å². The number of ether oxygens (including phenoxy) is 4. The summed E-state index contributed by atoms with van der Waals surface area (Å²) >= 11 is 0. The molecule has 0 heterocycles. The number of allylic oxidation sites excluding steroid dienone is 12. The summed E-state index contributed by atoms with van der Waals surface area (Å²) in [7, 11) is -9.95. The summed E-state index contributed by atoms with van der Waals surface area (Å²) in [6.07, 6.45) is 69.0. The molecule has 0 aromatic heterocycles. The van der Waals surface area contributed by atoms with Gasteiger partial charge in [0, 0.05) is 25.7 Å². The molecular weight excluding hydrogens is 1260 g/mol. The summed E-state index contributed by atoms with van der Waals surface area (Å²) in [4.78, 5) is 72.8. The minimum absolute atomic E-state index is 0.0771. The van der Waals surface area contributed by atoms with Gasteiger partial charge in [-0.25, -0.2) is 9.13 Å². The van der Waals surface area contributed by atoms with Crippen molar-refractivity contribution in [2.45, 2.75) is 354 Å². The van der Waals surface area contributed by atoms with Crippen molar-refractivity contribution in [3.63, 3.8) is 0 Å². The van der Waals surface area contributed by atoms with Crippen LogP contribution in [0.15, 0.2) is 72.9 Å². The summed E-state index contributed by atoms with van der Waals surface area (Å²) in [6, 6.07) is 0. The molecule has 3 N–H and O–H groups in total. The van der Waals surface area contributed by atoms with Gasteiger partial charge in [-0.05, 0) is 109 Å². The van der Waals surface area contributed by atoms with Crippen molar-refractivity contribution in [1.29, 1.82) is 0 Å². The third kappa shape index (κ3) is 69.0. The first-order valence-electron chi connectivity index (χ1n) is 38.2. The second-order valence-electron chi connectivity index (χ2n) is 25.6. The van der Waals surface area contributed by atoms with Gasteiger partial charge in [0.15, 0.2) is 12.2 Å². The highest BCUT2D eigenvalue weighted by Gasteiger charge is 2.30. The molecule has 558 valence electrons. The van der Waals surface area contributed by atoms with E-state index in [-0.39, 0.29) is 25.7 Å². The molecule has 19 heteroatoms. The van der Waals surface area contributed by atoms with Crippen LogP contribution in [0, 0.1) is 0 Å². The molecule has 96 heavy (non-hydrogen) atoms. The van der Waals surface area contributed by atoms with Gasteiger partial charge >= 0.3 is 39.5 Å². The Morgan fingerprint density at radius 2 is 0.552 bits per heavy atom. The Kier molecular flexibility index (Phi) is 67.4. The van der Waals surface area contributed by atoms with Gasteiger partial charge in [0.05, 0.1) is 26.4 Å². The molecule has 0 aliphatic heterocycles. The molecule has 17 nitrogen and oxygen atoms in total. The minimum atomic E-state index is -4.98. The molecular formula is C77H138O17P2. The van der Waals surface area contributed by atoms with Crippen LogP contribution in [-0.4, -0.2) is 96.7 Å². The van der Waals surface area contributed by atoms with Gasteiger partial charge in [0.1, 0.15) is 19.3 Å². The highest BCUT2D eigenvalue weighted by molar-refractivity contribution is 7.47. The van der Waals surface area contributed by atoms with Crippen LogP contribution >= 0.6 is 15.6 Å². The average Bonchev–Trinajstić information content (AvgIpc) is 1.11. The Morgan fingerprint density at radius 3 is 0.896 bits per heavy atom. The monoisotopic (exact) mass is 1400 g/mol. The predicted molar refractivity (Wildman–Crippen MR) is 390 cm³/mol. The van der Waals surface area contributed by atoms with Crippen molar-refractivity contribution in [1.82, 2.24) is 0 Å². The Bertz CT molecular complexity index is 2110. The summed E-state index contributed by atoms with van der Waals surface area (Å²) < 4.78 is 68.4. The molecule has 0 spiro atoms. The minimum Gasteiger partial charge on any atom is -0.462 e. The quantitative estimate of drug-likeness (QED) is 0.0169. The number of aliphatic hydroxyl groups excluding tert-OH is 1. The molecule has 5 unspecified atom stereocenters. The summed E-state index contributed by atoms with van der Waals surface area (Å²) in [5.74, 6) is -2.22. The number of rotatable bonds is 72. The number of phosphoric ester groups is 2. The highest BCUT2D eigenvalue weighted by Crippen LogP contribution is 2.45. The fourth-order valence-corrected chi connectivity index (χ4v) is 11.9. The Morgan fingerprint density at radius 1 is 0.302 bits per heavy atom. The maximum atomic E-state index is 13.1.